The van der Waals surface area contributed by atoms with Gasteiger partial charge in [0.05, 0.1) is 0 Å². The molecule has 0 aromatic rings. The summed E-state index contributed by atoms with van der Waals surface area (Å²) in [5, 5.41) is -0.600. The van der Waals surface area contributed by atoms with Gasteiger partial charge in [0.25, 0.3) is 0 Å². The van der Waals surface area contributed by atoms with Crippen LogP contribution < -0.4 is 5.73 Å². The molecule has 4 heteroatoms. The van der Waals surface area contributed by atoms with E-state index in [1.807, 2.05) is 0 Å². The lowest BCUT2D eigenvalue weighted by Crippen LogP contribution is -2.31. The predicted molar refractivity (Wildman–Crippen MR) is 35.5 cm³/mol. The van der Waals surface area contributed by atoms with Gasteiger partial charge in [-0.1, -0.05) is 0 Å². The fourth-order valence-corrected chi connectivity index (χ4v) is 1.75. The van der Waals surface area contributed by atoms with Crippen LogP contribution in [0.4, 0.5) is 0 Å². The summed E-state index contributed by atoms with van der Waals surface area (Å²) in [6.07, 6.45) is 3.15. The molecule has 3 nitrogen and oxygen atoms in total. The molecule has 0 spiro atoms. The Morgan fingerprint density at radius 3 is 2.11 bits per heavy atom. The first kappa shape index (κ1) is 7.02. The predicted octanol–water partition coefficient (Wildman–Crippen LogP) is -0.274. The Balaban J connectivity index is 2.61. The molecule has 1 aliphatic carbocycles. The van der Waals surface area contributed by atoms with Gasteiger partial charge in [-0.05, 0) is 18.8 Å². The lowest BCUT2D eigenvalue weighted by Gasteiger charge is -2.04. The fourth-order valence-electron chi connectivity index (χ4n) is 0.774. The van der Waals surface area contributed by atoms with Crippen LogP contribution in [0.15, 0.2) is 0 Å². The molecule has 1 saturated carbocycles. The molecule has 9 heavy (non-hydrogen) atoms. The first-order valence-electron chi connectivity index (χ1n) is 2.96. The zero-order valence-electron chi connectivity index (χ0n) is 5.37. The van der Waals surface area contributed by atoms with Gasteiger partial charge in [-0.15, -0.1) is 0 Å². The topological polar surface area (TPSA) is 60.2 Å². The monoisotopic (exact) mass is 149 g/mol. The van der Waals surface area contributed by atoms with Crippen LogP contribution in [0.25, 0.3) is 0 Å². The highest BCUT2D eigenvalue weighted by atomic mass is 32.2. The second kappa shape index (κ2) is 1.95. The van der Waals surface area contributed by atoms with Crippen LogP contribution in [-0.4, -0.2) is 20.0 Å². The summed E-state index contributed by atoms with van der Waals surface area (Å²) in [6, 6.07) is 0. The number of hydrogen-bond acceptors (Lipinski definition) is 3. The molecule has 0 radical (unpaired) electrons. The Hall–Kier alpha value is -0.0900. The van der Waals surface area contributed by atoms with Crippen LogP contribution in [0.5, 0.6) is 0 Å². The molecular weight excluding hydrogens is 138 g/mol. The van der Waals surface area contributed by atoms with Crippen LogP contribution >= 0.6 is 0 Å². The zero-order valence-corrected chi connectivity index (χ0v) is 6.19. The summed E-state index contributed by atoms with van der Waals surface area (Å²) in [5.74, 6) is 0.250. The van der Waals surface area contributed by atoms with Crippen molar-refractivity contribution in [1.29, 1.82) is 0 Å². The largest absolute Gasteiger partial charge is 0.315 e. The number of rotatable bonds is 2. The van der Waals surface area contributed by atoms with Gasteiger partial charge in [0, 0.05) is 6.26 Å². The molecule has 0 amide bonds. The van der Waals surface area contributed by atoms with E-state index in [0.29, 0.717) is 0 Å². The van der Waals surface area contributed by atoms with Crippen molar-refractivity contribution < 1.29 is 8.42 Å². The number of nitrogens with two attached hydrogens (primary N) is 1. The van der Waals surface area contributed by atoms with Crippen molar-refractivity contribution in [2.24, 2.45) is 11.7 Å². The van der Waals surface area contributed by atoms with Gasteiger partial charge in [-0.3, -0.25) is 0 Å². The minimum absolute atomic E-state index is 0.250. The van der Waals surface area contributed by atoms with E-state index in [-0.39, 0.29) is 5.92 Å². The maximum absolute atomic E-state index is 10.7. The molecule has 1 atom stereocenters. The highest BCUT2D eigenvalue weighted by Gasteiger charge is 2.34. The van der Waals surface area contributed by atoms with E-state index >= 15 is 0 Å². The Morgan fingerprint density at radius 2 is 2.00 bits per heavy atom. The first-order chi connectivity index (χ1) is 4.02. The smallest absolute Gasteiger partial charge is 0.163 e. The van der Waals surface area contributed by atoms with Gasteiger partial charge in [0.1, 0.15) is 5.37 Å². The summed E-state index contributed by atoms with van der Waals surface area (Å²) in [6.45, 7) is 0. The maximum Gasteiger partial charge on any atom is 0.163 e. The molecule has 0 aromatic carbocycles. The minimum atomic E-state index is -2.96. The minimum Gasteiger partial charge on any atom is -0.315 e. The summed E-state index contributed by atoms with van der Waals surface area (Å²) < 4.78 is 21.4. The summed E-state index contributed by atoms with van der Waals surface area (Å²) in [5.41, 5.74) is 5.37. The Labute approximate surface area is 55.2 Å². The second-order valence-corrected chi connectivity index (χ2v) is 4.83. The number of hydrogen-bond donors (Lipinski definition) is 1. The summed E-state index contributed by atoms with van der Waals surface area (Å²) in [4.78, 5) is 0. The summed E-state index contributed by atoms with van der Waals surface area (Å²) in [7, 11) is -2.96. The molecule has 2 N–H and O–H groups in total. The third kappa shape index (κ3) is 1.66. The quantitative estimate of drug-likeness (QED) is 0.587. The molecule has 54 valence electrons. The van der Waals surface area contributed by atoms with Crippen LogP contribution in [0.1, 0.15) is 12.8 Å². The van der Waals surface area contributed by atoms with E-state index in [1.165, 1.54) is 6.26 Å². The standard InChI is InChI=1S/C5H11NO2S/c1-9(7,8)5(6)4-2-3-4/h4-5H,2-3,6H2,1H3. The molecule has 0 aliphatic heterocycles. The van der Waals surface area contributed by atoms with Gasteiger partial charge >= 0.3 is 0 Å². The van der Waals surface area contributed by atoms with Gasteiger partial charge in [-0.25, -0.2) is 8.42 Å². The van der Waals surface area contributed by atoms with Gasteiger partial charge in [-0.2, -0.15) is 0 Å². The van der Waals surface area contributed by atoms with Crippen molar-refractivity contribution in [2.75, 3.05) is 6.26 Å². The van der Waals surface area contributed by atoms with E-state index in [1.54, 1.807) is 0 Å². The molecule has 0 heterocycles. The molecule has 1 rings (SSSR count). The normalized spacial score (nSPS) is 23.8. The van der Waals surface area contributed by atoms with E-state index in [4.69, 9.17) is 5.73 Å². The molecule has 0 saturated heterocycles. The van der Waals surface area contributed by atoms with E-state index in [9.17, 15) is 8.42 Å². The molecule has 0 aromatic heterocycles. The van der Waals surface area contributed by atoms with Gasteiger partial charge in [0.15, 0.2) is 9.84 Å². The third-order valence-corrected chi connectivity index (χ3v) is 2.95. The Kier molecular flexibility index (Phi) is 1.52. The molecule has 0 bridgehead atoms. The zero-order chi connectivity index (χ0) is 7.07. The van der Waals surface area contributed by atoms with E-state index in [2.05, 4.69) is 0 Å². The lowest BCUT2D eigenvalue weighted by atomic mass is 10.4. The van der Waals surface area contributed by atoms with Crippen molar-refractivity contribution in [2.45, 2.75) is 18.2 Å². The van der Waals surface area contributed by atoms with Gasteiger partial charge in [0.2, 0.25) is 0 Å². The Morgan fingerprint density at radius 1 is 1.56 bits per heavy atom. The average molecular weight is 149 g/mol. The third-order valence-electron chi connectivity index (χ3n) is 1.58. The molecule has 1 aliphatic rings. The fraction of sp³-hybridized carbons (Fsp3) is 1.00. The van der Waals surface area contributed by atoms with Crippen molar-refractivity contribution in [3.05, 3.63) is 0 Å². The van der Waals surface area contributed by atoms with Crippen molar-refractivity contribution in [3.8, 4) is 0 Å². The van der Waals surface area contributed by atoms with Crippen LogP contribution in [0.3, 0.4) is 0 Å². The Bertz CT molecular complexity index is 193. The van der Waals surface area contributed by atoms with Crippen molar-refractivity contribution in [1.82, 2.24) is 0 Å². The van der Waals surface area contributed by atoms with Crippen LogP contribution in [0, 0.1) is 5.92 Å². The summed E-state index contributed by atoms with van der Waals surface area (Å²) >= 11 is 0. The average Bonchev–Trinajstić information content (AvgIpc) is 2.40. The molecular formula is C5H11NO2S. The maximum atomic E-state index is 10.7. The highest BCUT2D eigenvalue weighted by molar-refractivity contribution is 7.91. The van der Waals surface area contributed by atoms with Crippen LogP contribution in [0.2, 0.25) is 0 Å². The SMILES string of the molecule is CS(=O)(=O)C(N)C1CC1. The van der Waals surface area contributed by atoms with E-state index < -0.39 is 15.2 Å². The van der Waals surface area contributed by atoms with Crippen molar-refractivity contribution in [3.63, 3.8) is 0 Å². The highest BCUT2D eigenvalue weighted by Crippen LogP contribution is 2.33. The second-order valence-electron chi connectivity index (χ2n) is 2.63. The van der Waals surface area contributed by atoms with E-state index in [0.717, 1.165) is 12.8 Å². The van der Waals surface area contributed by atoms with Crippen LogP contribution in [-0.2, 0) is 9.84 Å². The lowest BCUT2D eigenvalue weighted by molar-refractivity contribution is 0.576. The molecule has 1 fully saturated rings. The van der Waals surface area contributed by atoms with Gasteiger partial charge < -0.3 is 5.73 Å². The number of sulfone groups is 1. The van der Waals surface area contributed by atoms with Crippen molar-refractivity contribution >= 4 is 9.84 Å². The first-order valence-corrected chi connectivity index (χ1v) is 4.92. The molecule has 1 unspecified atom stereocenters.